The zero-order chi connectivity index (χ0) is 9.31. The first-order chi connectivity index (χ1) is 6.23. The highest BCUT2D eigenvalue weighted by atomic mass is 19.1. The van der Waals surface area contributed by atoms with Gasteiger partial charge in [-0.1, -0.05) is 30.3 Å². The van der Waals surface area contributed by atoms with E-state index in [9.17, 15) is 9.50 Å². The summed E-state index contributed by atoms with van der Waals surface area (Å²) in [5.41, 5.74) is 0.182. The van der Waals surface area contributed by atoms with E-state index in [2.05, 4.69) is 0 Å². The Morgan fingerprint density at radius 3 is 2.46 bits per heavy atom. The van der Waals surface area contributed by atoms with Gasteiger partial charge in [-0.15, -0.1) is 0 Å². The fourth-order valence-corrected chi connectivity index (χ4v) is 1.93. The van der Waals surface area contributed by atoms with Gasteiger partial charge in [0.1, 0.15) is 6.67 Å². The molecular formula is C11H13FO. The smallest absolute Gasteiger partial charge is 0.118 e. The van der Waals surface area contributed by atoms with Crippen LogP contribution in [0.25, 0.3) is 0 Å². The van der Waals surface area contributed by atoms with Gasteiger partial charge in [-0.3, -0.25) is 0 Å². The minimum absolute atomic E-state index is 0.349. The molecule has 1 fully saturated rings. The largest absolute Gasteiger partial charge is 0.387 e. The van der Waals surface area contributed by atoms with Gasteiger partial charge in [0.25, 0.3) is 0 Å². The lowest BCUT2D eigenvalue weighted by Crippen LogP contribution is -2.44. The Morgan fingerprint density at radius 1 is 1.31 bits per heavy atom. The molecule has 13 heavy (non-hydrogen) atoms. The number of hydrogen-bond acceptors (Lipinski definition) is 1. The maximum absolute atomic E-state index is 12.3. The fraction of sp³-hybridized carbons (Fsp3) is 0.455. The van der Waals surface area contributed by atoms with E-state index >= 15 is 0 Å². The van der Waals surface area contributed by atoms with Gasteiger partial charge in [-0.25, -0.2) is 4.39 Å². The van der Waals surface area contributed by atoms with Crippen LogP contribution < -0.4 is 0 Å². The van der Waals surface area contributed by atoms with Crippen LogP contribution in [0.3, 0.4) is 0 Å². The molecule has 0 aliphatic heterocycles. The van der Waals surface area contributed by atoms with Gasteiger partial charge in [-0.2, -0.15) is 0 Å². The van der Waals surface area contributed by atoms with Crippen LogP contribution in [0.15, 0.2) is 30.3 Å². The molecule has 0 atom stereocenters. The summed E-state index contributed by atoms with van der Waals surface area (Å²) in [6, 6.07) is 9.97. The zero-order valence-corrected chi connectivity index (χ0v) is 7.41. The molecule has 1 aliphatic carbocycles. The maximum atomic E-state index is 12.3. The summed E-state index contributed by atoms with van der Waals surface area (Å²) < 4.78 is 12.3. The van der Waals surface area contributed by atoms with Crippen molar-refractivity contribution in [2.45, 2.75) is 24.4 Å². The molecule has 0 bridgehead atoms. The summed E-state index contributed by atoms with van der Waals surface area (Å²) in [7, 11) is 0. The van der Waals surface area contributed by atoms with Gasteiger partial charge in [0.05, 0.1) is 5.60 Å². The SMILES string of the molecule is OC1(CF)CC(c2ccccc2)C1. The number of aliphatic hydroxyl groups is 1. The van der Waals surface area contributed by atoms with Crippen molar-refractivity contribution in [2.24, 2.45) is 0 Å². The van der Waals surface area contributed by atoms with Crippen LogP contribution in [0.4, 0.5) is 4.39 Å². The molecule has 1 saturated carbocycles. The van der Waals surface area contributed by atoms with Crippen molar-refractivity contribution in [3.05, 3.63) is 35.9 Å². The van der Waals surface area contributed by atoms with Gasteiger partial charge in [0, 0.05) is 0 Å². The van der Waals surface area contributed by atoms with Crippen LogP contribution in [0.1, 0.15) is 24.3 Å². The maximum Gasteiger partial charge on any atom is 0.118 e. The molecule has 2 rings (SSSR count). The predicted octanol–water partition coefficient (Wildman–Crippen LogP) is 2.26. The van der Waals surface area contributed by atoms with Crippen molar-refractivity contribution in [3.63, 3.8) is 0 Å². The number of alkyl halides is 1. The van der Waals surface area contributed by atoms with Crippen LogP contribution in [-0.2, 0) is 0 Å². The first kappa shape index (κ1) is 8.70. The first-order valence-corrected chi connectivity index (χ1v) is 4.57. The van der Waals surface area contributed by atoms with Crippen molar-refractivity contribution >= 4 is 0 Å². The van der Waals surface area contributed by atoms with E-state index in [4.69, 9.17) is 0 Å². The summed E-state index contributed by atoms with van der Waals surface area (Å²) in [6.45, 7) is -0.615. The van der Waals surface area contributed by atoms with Gasteiger partial charge in [-0.05, 0) is 24.3 Å². The Morgan fingerprint density at radius 2 is 1.92 bits per heavy atom. The molecule has 0 amide bonds. The van der Waals surface area contributed by atoms with E-state index < -0.39 is 12.3 Å². The molecule has 0 radical (unpaired) electrons. The highest BCUT2D eigenvalue weighted by Crippen LogP contribution is 2.44. The number of rotatable bonds is 2. The van der Waals surface area contributed by atoms with E-state index in [1.54, 1.807) is 0 Å². The molecule has 1 N–H and O–H groups in total. The van der Waals surface area contributed by atoms with E-state index in [1.165, 1.54) is 5.56 Å². The van der Waals surface area contributed by atoms with Crippen LogP contribution in [-0.4, -0.2) is 17.4 Å². The molecule has 0 aromatic heterocycles. The summed E-state index contributed by atoms with van der Waals surface area (Å²) in [5.74, 6) is 0.349. The minimum atomic E-state index is -1.03. The third kappa shape index (κ3) is 1.59. The Balaban J connectivity index is 2.01. The Kier molecular flexibility index (Phi) is 2.08. The molecule has 0 saturated heterocycles. The van der Waals surface area contributed by atoms with Gasteiger partial charge in [0.2, 0.25) is 0 Å². The molecule has 0 unspecified atom stereocenters. The molecular weight excluding hydrogens is 167 g/mol. The second kappa shape index (κ2) is 3.11. The summed E-state index contributed by atoms with van der Waals surface area (Å²) in [5, 5.41) is 9.48. The van der Waals surface area contributed by atoms with E-state index in [-0.39, 0.29) is 0 Å². The summed E-state index contributed by atoms with van der Waals surface area (Å²) >= 11 is 0. The van der Waals surface area contributed by atoms with E-state index in [1.807, 2.05) is 30.3 Å². The number of halogens is 1. The first-order valence-electron chi connectivity index (χ1n) is 4.57. The van der Waals surface area contributed by atoms with Crippen LogP contribution in [0.2, 0.25) is 0 Å². The van der Waals surface area contributed by atoms with Crippen molar-refractivity contribution in [2.75, 3.05) is 6.67 Å². The van der Waals surface area contributed by atoms with Gasteiger partial charge < -0.3 is 5.11 Å². The third-order valence-electron chi connectivity index (χ3n) is 2.77. The molecule has 1 aliphatic rings. The molecule has 2 heteroatoms. The van der Waals surface area contributed by atoms with Crippen molar-refractivity contribution in [3.8, 4) is 0 Å². The van der Waals surface area contributed by atoms with Crippen LogP contribution in [0, 0.1) is 0 Å². The van der Waals surface area contributed by atoms with Crippen molar-refractivity contribution in [1.82, 2.24) is 0 Å². The lowest BCUT2D eigenvalue weighted by Gasteiger charge is -2.42. The van der Waals surface area contributed by atoms with Crippen molar-refractivity contribution < 1.29 is 9.50 Å². The highest BCUT2D eigenvalue weighted by Gasteiger charge is 2.43. The minimum Gasteiger partial charge on any atom is -0.387 e. The fourth-order valence-electron chi connectivity index (χ4n) is 1.93. The number of hydrogen-bond donors (Lipinski definition) is 1. The lowest BCUT2D eigenvalue weighted by atomic mass is 9.69. The second-order valence-electron chi connectivity index (χ2n) is 3.87. The lowest BCUT2D eigenvalue weighted by molar-refractivity contribution is -0.0658. The molecule has 0 heterocycles. The van der Waals surface area contributed by atoms with E-state index in [0.717, 1.165) is 0 Å². The predicted molar refractivity (Wildman–Crippen MR) is 49.3 cm³/mol. The average Bonchev–Trinajstić information content (AvgIpc) is 2.14. The Bertz CT molecular complexity index is 277. The summed E-state index contributed by atoms with van der Waals surface area (Å²) in [6.07, 6.45) is 1.13. The van der Waals surface area contributed by atoms with E-state index in [0.29, 0.717) is 18.8 Å². The van der Waals surface area contributed by atoms with Gasteiger partial charge in [0.15, 0.2) is 0 Å². The Hall–Kier alpha value is -0.890. The topological polar surface area (TPSA) is 20.2 Å². The average molecular weight is 180 g/mol. The second-order valence-corrected chi connectivity index (χ2v) is 3.87. The van der Waals surface area contributed by atoms with Crippen molar-refractivity contribution in [1.29, 1.82) is 0 Å². The van der Waals surface area contributed by atoms with Gasteiger partial charge >= 0.3 is 0 Å². The van der Waals surface area contributed by atoms with Crippen LogP contribution in [0.5, 0.6) is 0 Å². The molecule has 1 aromatic carbocycles. The summed E-state index contributed by atoms with van der Waals surface area (Å²) in [4.78, 5) is 0. The Labute approximate surface area is 77.2 Å². The zero-order valence-electron chi connectivity index (χ0n) is 7.41. The standard InChI is InChI=1S/C11H13FO/c12-8-11(13)6-10(7-11)9-4-2-1-3-5-9/h1-5,10,13H,6-8H2. The highest BCUT2D eigenvalue weighted by molar-refractivity contribution is 5.24. The molecule has 1 nitrogen and oxygen atoms in total. The third-order valence-corrected chi connectivity index (χ3v) is 2.77. The monoisotopic (exact) mass is 180 g/mol. The quantitative estimate of drug-likeness (QED) is 0.740. The molecule has 0 spiro atoms. The van der Waals surface area contributed by atoms with Crippen LogP contribution >= 0.6 is 0 Å². The molecule has 70 valence electrons. The normalized spacial score (nSPS) is 32.6. The molecule has 1 aromatic rings. The number of benzene rings is 1.